The maximum atomic E-state index is 12.7. The lowest BCUT2D eigenvalue weighted by Gasteiger charge is -2.43. The summed E-state index contributed by atoms with van der Waals surface area (Å²) in [5, 5.41) is 0. The molecule has 2 aromatic rings. The van der Waals surface area contributed by atoms with Gasteiger partial charge in [0, 0.05) is 24.1 Å². The Balaban J connectivity index is 1.74. The van der Waals surface area contributed by atoms with Crippen LogP contribution in [0.25, 0.3) is 0 Å². The fraction of sp³-hybridized carbons (Fsp3) is 0.409. The summed E-state index contributed by atoms with van der Waals surface area (Å²) < 4.78 is 6.31. The topological polar surface area (TPSA) is 29.5 Å². The first-order valence-electron chi connectivity index (χ1n) is 8.82. The third-order valence-corrected chi connectivity index (χ3v) is 5.51. The van der Waals surface area contributed by atoms with Crippen LogP contribution in [-0.2, 0) is 6.54 Å². The van der Waals surface area contributed by atoms with Crippen molar-refractivity contribution >= 4 is 5.91 Å². The standard InChI is InChI=1S/C22H27NO2/c1-16-10-12-18(13-11-16)25-22(4,5)21(2,3)15-23-14-17-8-6-7-9-19(17)20(23)24/h6-13H,14-15H2,1-5H3. The molecule has 0 N–H and O–H groups in total. The minimum atomic E-state index is -0.419. The van der Waals surface area contributed by atoms with Gasteiger partial charge in [0.1, 0.15) is 11.4 Å². The number of aryl methyl sites for hydroxylation is 1. The molecule has 3 nitrogen and oxygen atoms in total. The molecular formula is C22H27NO2. The van der Waals surface area contributed by atoms with E-state index < -0.39 is 5.60 Å². The van der Waals surface area contributed by atoms with Gasteiger partial charge >= 0.3 is 0 Å². The van der Waals surface area contributed by atoms with Gasteiger partial charge in [0.15, 0.2) is 0 Å². The summed E-state index contributed by atoms with van der Waals surface area (Å²) in [5.74, 6) is 0.981. The summed E-state index contributed by atoms with van der Waals surface area (Å²) in [7, 11) is 0. The molecule has 0 aliphatic carbocycles. The van der Waals surface area contributed by atoms with Gasteiger partial charge in [-0.3, -0.25) is 4.79 Å². The van der Waals surface area contributed by atoms with Crippen molar-refractivity contribution in [2.75, 3.05) is 6.54 Å². The second kappa shape index (κ2) is 6.21. The molecule has 2 aromatic carbocycles. The van der Waals surface area contributed by atoms with Crippen molar-refractivity contribution in [1.82, 2.24) is 4.90 Å². The number of rotatable bonds is 5. The molecule has 0 saturated heterocycles. The number of nitrogens with zero attached hydrogens (tertiary/aromatic N) is 1. The molecule has 1 aliphatic heterocycles. The highest BCUT2D eigenvalue weighted by Crippen LogP contribution is 2.37. The molecule has 0 fully saturated rings. The third kappa shape index (κ3) is 3.41. The lowest BCUT2D eigenvalue weighted by atomic mass is 9.76. The third-order valence-electron chi connectivity index (χ3n) is 5.51. The Morgan fingerprint density at radius 3 is 2.28 bits per heavy atom. The number of carbonyl (C=O) groups is 1. The van der Waals surface area contributed by atoms with Crippen molar-refractivity contribution in [1.29, 1.82) is 0 Å². The maximum Gasteiger partial charge on any atom is 0.254 e. The SMILES string of the molecule is Cc1ccc(OC(C)(C)C(C)(C)CN2Cc3ccccc3C2=O)cc1. The first kappa shape index (κ1) is 17.5. The van der Waals surface area contributed by atoms with Crippen LogP contribution in [0.1, 0.15) is 49.2 Å². The first-order chi connectivity index (χ1) is 11.7. The lowest BCUT2D eigenvalue weighted by molar-refractivity contribution is -0.0273. The van der Waals surface area contributed by atoms with E-state index in [0.29, 0.717) is 13.1 Å². The first-order valence-corrected chi connectivity index (χ1v) is 8.82. The number of carbonyl (C=O) groups excluding carboxylic acids is 1. The molecule has 0 radical (unpaired) electrons. The molecule has 0 saturated carbocycles. The van der Waals surface area contributed by atoms with Gasteiger partial charge in [0.05, 0.1) is 0 Å². The monoisotopic (exact) mass is 337 g/mol. The molecule has 0 bridgehead atoms. The van der Waals surface area contributed by atoms with Gasteiger partial charge < -0.3 is 9.64 Å². The zero-order chi connectivity index (χ0) is 18.2. The van der Waals surface area contributed by atoms with Crippen LogP contribution in [0.3, 0.4) is 0 Å². The fourth-order valence-electron chi connectivity index (χ4n) is 3.15. The van der Waals surface area contributed by atoms with Crippen LogP contribution < -0.4 is 4.74 Å². The predicted molar refractivity (Wildman–Crippen MR) is 101 cm³/mol. The number of benzene rings is 2. The molecule has 25 heavy (non-hydrogen) atoms. The smallest absolute Gasteiger partial charge is 0.254 e. The highest BCUT2D eigenvalue weighted by Gasteiger charge is 2.42. The zero-order valence-electron chi connectivity index (χ0n) is 15.8. The molecule has 1 aliphatic rings. The van der Waals surface area contributed by atoms with Crippen molar-refractivity contribution in [3.05, 3.63) is 65.2 Å². The van der Waals surface area contributed by atoms with Crippen molar-refractivity contribution in [3.8, 4) is 5.75 Å². The summed E-state index contributed by atoms with van der Waals surface area (Å²) in [6.45, 7) is 11.9. The molecular weight excluding hydrogens is 310 g/mol. The number of hydrogen-bond donors (Lipinski definition) is 0. The Morgan fingerprint density at radius 1 is 1.00 bits per heavy atom. The van der Waals surface area contributed by atoms with Crippen LogP contribution in [0, 0.1) is 12.3 Å². The maximum absolute atomic E-state index is 12.7. The highest BCUT2D eigenvalue weighted by molar-refractivity contribution is 5.98. The minimum absolute atomic E-state index is 0.120. The van der Waals surface area contributed by atoms with Gasteiger partial charge in [0.25, 0.3) is 5.91 Å². The van der Waals surface area contributed by atoms with E-state index in [1.807, 2.05) is 41.3 Å². The number of amides is 1. The fourth-order valence-corrected chi connectivity index (χ4v) is 3.15. The van der Waals surface area contributed by atoms with Crippen LogP contribution >= 0.6 is 0 Å². The van der Waals surface area contributed by atoms with Gasteiger partial charge in [-0.2, -0.15) is 0 Å². The highest BCUT2D eigenvalue weighted by atomic mass is 16.5. The Hall–Kier alpha value is -2.29. The molecule has 1 amide bonds. The number of fused-ring (bicyclic) bond motifs is 1. The number of hydrogen-bond acceptors (Lipinski definition) is 2. The average molecular weight is 337 g/mol. The molecule has 1 heterocycles. The van der Waals surface area contributed by atoms with Crippen LogP contribution in [0.2, 0.25) is 0 Å². The van der Waals surface area contributed by atoms with Gasteiger partial charge in [-0.25, -0.2) is 0 Å². The molecule has 3 rings (SSSR count). The van der Waals surface area contributed by atoms with Gasteiger partial charge in [-0.1, -0.05) is 49.7 Å². The second-order valence-corrected chi connectivity index (χ2v) is 8.13. The summed E-state index contributed by atoms with van der Waals surface area (Å²) in [5.41, 5.74) is 2.52. The van der Waals surface area contributed by atoms with E-state index in [0.717, 1.165) is 16.9 Å². The minimum Gasteiger partial charge on any atom is -0.487 e. The molecule has 0 unspecified atom stereocenters. The Labute approximate surface area is 150 Å². The van der Waals surface area contributed by atoms with Crippen LogP contribution in [0.15, 0.2) is 48.5 Å². The van der Waals surface area contributed by atoms with E-state index >= 15 is 0 Å². The molecule has 0 spiro atoms. The van der Waals surface area contributed by atoms with Crippen molar-refractivity contribution in [2.24, 2.45) is 5.41 Å². The van der Waals surface area contributed by atoms with E-state index in [1.54, 1.807) is 0 Å². The summed E-state index contributed by atoms with van der Waals surface area (Å²) >= 11 is 0. The van der Waals surface area contributed by atoms with E-state index in [2.05, 4.69) is 46.8 Å². The summed E-state index contributed by atoms with van der Waals surface area (Å²) in [6, 6.07) is 16.0. The van der Waals surface area contributed by atoms with E-state index in [-0.39, 0.29) is 11.3 Å². The van der Waals surface area contributed by atoms with E-state index in [4.69, 9.17) is 4.74 Å². The zero-order valence-corrected chi connectivity index (χ0v) is 15.8. The molecule has 132 valence electrons. The van der Waals surface area contributed by atoms with E-state index in [1.165, 1.54) is 5.56 Å². The van der Waals surface area contributed by atoms with Crippen molar-refractivity contribution < 1.29 is 9.53 Å². The average Bonchev–Trinajstić information content (AvgIpc) is 2.85. The second-order valence-electron chi connectivity index (χ2n) is 8.13. The largest absolute Gasteiger partial charge is 0.487 e. The predicted octanol–water partition coefficient (Wildman–Crippen LogP) is 4.83. The van der Waals surface area contributed by atoms with Crippen LogP contribution in [0.4, 0.5) is 0 Å². The van der Waals surface area contributed by atoms with Gasteiger partial charge in [-0.15, -0.1) is 0 Å². The molecule has 3 heteroatoms. The quantitative estimate of drug-likeness (QED) is 0.782. The summed E-state index contributed by atoms with van der Waals surface area (Å²) in [4.78, 5) is 14.6. The van der Waals surface area contributed by atoms with E-state index in [9.17, 15) is 4.79 Å². The number of ether oxygens (including phenoxy) is 1. The van der Waals surface area contributed by atoms with Gasteiger partial charge in [0.2, 0.25) is 0 Å². The van der Waals surface area contributed by atoms with Crippen molar-refractivity contribution in [2.45, 2.75) is 46.8 Å². The Bertz CT molecular complexity index is 775. The lowest BCUT2D eigenvalue weighted by Crippen LogP contribution is -2.50. The molecule has 0 aromatic heterocycles. The summed E-state index contributed by atoms with van der Waals surface area (Å²) in [6.07, 6.45) is 0. The van der Waals surface area contributed by atoms with Crippen molar-refractivity contribution in [3.63, 3.8) is 0 Å². The Kier molecular flexibility index (Phi) is 4.36. The van der Waals surface area contributed by atoms with Gasteiger partial charge in [-0.05, 0) is 44.5 Å². The van der Waals surface area contributed by atoms with Crippen LogP contribution in [-0.4, -0.2) is 23.0 Å². The van der Waals surface area contributed by atoms with Crippen LogP contribution in [0.5, 0.6) is 5.75 Å². The molecule has 0 atom stereocenters. The normalized spacial score (nSPS) is 14.6. The Morgan fingerprint density at radius 2 is 1.64 bits per heavy atom.